The minimum Gasteiger partial charge on any atom is -0.496 e. The molecule has 0 aliphatic rings. The van der Waals surface area contributed by atoms with Crippen molar-refractivity contribution in [3.8, 4) is 5.75 Å². The van der Waals surface area contributed by atoms with Gasteiger partial charge in [0.2, 0.25) is 0 Å². The van der Waals surface area contributed by atoms with Gasteiger partial charge in [0.15, 0.2) is 0 Å². The quantitative estimate of drug-likeness (QED) is 0.811. The SMILES string of the molecule is CCOCc1ccc(OC)c(Br)c1. The van der Waals surface area contributed by atoms with E-state index in [1.165, 1.54) is 0 Å². The fourth-order valence-corrected chi connectivity index (χ4v) is 1.61. The van der Waals surface area contributed by atoms with Crippen molar-refractivity contribution in [2.24, 2.45) is 0 Å². The van der Waals surface area contributed by atoms with Gasteiger partial charge in [-0.1, -0.05) is 6.07 Å². The molecule has 72 valence electrons. The summed E-state index contributed by atoms with van der Waals surface area (Å²) in [5.74, 6) is 0.847. The highest BCUT2D eigenvalue weighted by Gasteiger charge is 2.00. The maximum Gasteiger partial charge on any atom is 0.133 e. The van der Waals surface area contributed by atoms with Crippen molar-refractivity contribution >= 4 is 15.9 Å². The van der Waals surface area contributed by atoms with E-state index in [2.05, 4.69) is 15.9 Å². The summed E-state index contributed by atoms with van der Waals surface area (Å²) in [6.45, 7) is 3.38. The minimum atomic E-state index is 0.652. The lowest BCUT2D eigenvalue weighted by atomic mass is 10.2. The Bertz CT molecular complexity index is 274. The molecule has 0 radical (unpaired) electrons. The van der Waals surface area contributed by atoms with Gasteiger partial charge in [-0.25, -0.2) is 0 Å². The first-order chi connectivity index (χ1) is 6.27. The number of halogens is 1. The molecule has 0 fully saturated rings. The molecule has 3 heteroatoms. The molecular formula is C10H13BrO2. The maximum atomic E-state index is 5.29. The highest BCUT2D eigenvalue weighted by Crippen LogP contribution is 2.25. The Morgan fingerprint density at radius 3 is 2.69 bits per heavy atom. The predicted octanol–water partition coefficient (Wildman–Crippen LogP) is 2.99. The first-order valence-electron chi connectivity index (χ1n) is 4.18. The summed E-state index contributed by atoms with van der Waals surface area (Å²) in [6, 6.07) is 5.94. The highest BCUT2D eigenvalue weighted by atomic mass is 79.9. The Kier molecular flexibility index (Phi) is 4.25. The molecular weight excluding hydrogens is 232 g/mol. The Labute approximate surface area is 87.0 Å². The molecule has 0 spiro atoms. The molecule has 1 rings (SSSR count). The zero-order chi connectivity index (χ0) is 9.68. The summed E-state index contributed by atoms with van der Waals surface area (Å²) < 4.78 is 11.4. The number of rotatable bonds is 4. The average molecular weight is 245 g/mol. The van der Waals surface area contributed by atoms with Crippen LogP contribution in [0.25, 0.3) is 0 Å². The molecule has 1 aromatic carbocycles. The summed E-state index contributed by atoms with van der Waals surface area (Å²) >= 11 is 3.42. The van der Waals surface area contributed by atoms with E-state index in [1.54, 1.807) is 7.11 Å². The molecule has 0 saturated heterocycles. The van der Waals surface area contributed by atoms with Crippen LogP contribution in [0, 0.1) is 0 Å². The van der Waals surface area contributed by atoms with Gasteiger partial charge in [-0.15, -0.1) is 0 Å². The largest absolute Gasteiger partial charge is 0.496 e. The van der Waals surface area contributed by atoms with Crippen molar-refractivity contribution in [2.75, 3.05) is 13.7 Å². The molecule has 0 atom stereocenters. The van der Waals surface area contributed by atoms with Crippen LogP contribution in [0.1, 0.15) is 12.5 Å². The van der Waals surface area contributed by atoms with Crippen molar-refractivity contribution in [2.45, 2.75) is 13.5 Å². The average Bonchev–Trinajstić information content (AvgIpc) is 2.15. The Hall–Kier alpha value is -0.540. The van der Waals surface area contributed by atoms with Gasteiger partial charge >= 0.3 is 0 Å². The third-order valence-electron chi connectivity index (χ3n) is 1.69. The number of hydrogen-bond acceptors (Lipinski definition) is 2. The molecule has 0 aliphatic carbocycles. The van der Waals surface area contributed by atoms with Crippen molar-refractivity contribution in [1.29, 1.82) is 0 Å². The lowest BCUT2D eigenvalue weighted by Crippen LogP contribution is -1.92. The van der Waals surface area contributed by atoms with Crippen molar-refractivity contribution in [3.05, 3.63) is 28.2 Å². The van der Waals surface area contributed by atoms with E-state index in [1.807, 2.05) is 25.1 Å². The fourth-order valence-electron chi connectivity index (χ4n) is 1.02. The number of methoxy groups -OCH3 is 1. The van der Waals surface area contributed by atoms with Crippen molar-refractivity contribution < 1.29 is 9.47 Å². The summed E-state index contributed by atoms with van der Waals surface area (Å²) in [7, 11) is 1.66. The van der Waals surface area contributed by atoms with Crippen LogP contribution in [0.15, 0.2) is 22.7 Å². The van der Waals surface area contributed by atoms with Gasteiger partial charge in [0.25, 0.3) is 0 Å². The minimum absolute atomic E-state index is 0.652. The molecule has 0 saturated carbocycles. The van der Waals surface area contributed by atoms with Crippen LogP contribution >= 0.6 is 15.9 Å². The Balaban J connectivity index is 2.71. The monoisotopic (exact) mass is 244 g/mol. The third-order valence-corrected chi connectivity index (χ3v) is 2.31. The van der Waals surface area contributed by atoms with E-state index >= 15 is 0 Å². The van der Waals surface area contributed by atoms with Crippen LogP contribution in [0.2, 0.25) is 0 Å². The van der Waals surface area contributed by atoms with Crippen molar-refractivity contribution in [3.63, 3.8) is 0 Å². The van der Waals surface area contributed by atoms with Crippen LogP contribution in [-0.2, 0) is 11.3 Å². The number of ether oxygens (including phenoxy) is 2. The Morgan fingerprint density at radius 2 is 2.15 bits per heavy atom. The second-order valence-corrected chi connectivity index (χ2v) is 3.46. The summed E-state index contributed by atoms with van der Waals surface area (Å²) in [4.78, 5) is 0. The predicted molar refractivity (Wildman–Crippen MR) is 56.0 cm³/mol. The molecule has 13 heavy (non-hydrogen) atoms. The lowest BCUT2D eigenvalue weighted by molar-refractivity contribution is 0.134. The first kappa shape index (κ1) is 10.5. The fraction of sp³-hybridized carbons (Fsp3) is 0.400. The maximum absolute atomic E-state index is 5.29. The normalized spacial score (nSPS) is 10.1. The molecule has 2 nitrogen and oxygen atoms in total. The van der Waals surface area contributed by atoms with E-state index in [4.69, 9.17) is 9.47 Å². The lowest BCUT2D eigenvalue weighted by Gasteiger charge is -2.05. The van der Waals surface area contributed by atoms with Gasteiger partial charge in [-0.3, -0.25) is 0 Å². The van der Waals surface area contributed by atoms with Crippen molar-refractivity contribution in [1.82, 2.24) is 0 Å². The second kappa shape index (κ2) is 5.25. The third kappa shape index (κ3) is 3.01. The summed E-state index contributed by atoms with van der Waals surface area (Å²) in [5, 5.41) is 0. The first-order valence-corrected chi connectivity index (χ1v) is 4.97. The summed E-state index contributed by atoms with van der Waals surface area (Å²) in [6.07, 6.45) is 0. The smallest absolute Gasteiger partial charge is 0.133 e. The van der Waals surface area contributed by atoms with Gasteiger partial charge in [0.05, 0.1) is 18.2 Å². The zero-order valence-electron chi connectivity index (χ0n) is 7.84. The van der Waals surface area contributed by atoms with Gasteiger partial charge in [-0.05, 0) is 40.5 Å². The zero-order valence-corrected chi connectivity index (χ0v) is 9.43. The topological polar surface area (TPSA) is 18.5 Å². The van der Waals surface area contributed by atoms with E-state index in [0.29, 0.717) is 6.61 Å². The van der Waals surface area contributed by atoms with Crippen LogP contribution in [-0.4, -0.2) is 13.7 Å². The van der Waals surface area contributed by atoms with E-state index in [0.717, 1.165) is 22.4 Å². The molecule has 0 unspecified atom stereocenters. The second-order valence-electron chi connectivity index (χ2n) is 2.61. The van der Waals surface area contributed by atoms with Gasteiger partial charge in [0, 0.05) is 6.61 Å². The van der Waals surface area contributed by atoms with Gasteiger partial charge in [0.1, 0.15) is 5.75 Å². The molecule has 0 amide bonds. The van der Waals surface area contributed by atoms with Crippen LogP contribution in [0.3, 0.4) is 0 Å². The number of hydrogen-bond donors (Lipinski definition) is 0. The molecule has 0 bridgehead atoms. The Morgan fingerprint density at radius 1 is 1.38 bits per heavy atom. The van der Waals surface area contributed by atoms with Crippen LogP contribution in [0.5, 0.6) is 5.75 Å². The molecule has 0 N–H and O–H groups in total. The van der Waals surface area contributed by atoms with Gasteiger partial charge in [-0.2, -0.15) is 0 Å². The number of benzene rings is 1. The van der Waals surface area contributed by atoms with E-state index < -0.39 is 0 Å². The molecule has 1 aromatic rings. The summed E-state index contributed by atoms with van der Waals surface area (Å²) in [5.41, 5.74) is 1.15. The van der Waals surface area contributed by atoms with E-state index in [9.17, 15) is 0 Å². The highest BCUT2D eigenvalue weighted by molar-refractivity contribution is 9.10. The van der Waals surface area contributed by atoms with Crippen LogP contribution < -0.4 is 4.74 Å². The van der Waals surface area contributed by atoms with Crippen LogP contribution in [0.4, 0.5) is 0 Å². The molecule has 0 aliphatic heterocycles. The standard InChI is InChI=1S/C10H13BrO2/c1-3-13-7-8-4-5-10(12-2)9(11)6-8/h4-6H,3,7H2,1-2H3. The van der Waals surface area contributed by atoms with Gasteiger partial charge < -0.3 is 9.47 Å². The molecule has 0 aromatic heterocycles. The molecule has 0 heterocycles. The van der Waals surface area contributed by atoms with E-state index in [-0.39, 0.29) is 0 Å².